The molecule has 2 rings (SSSR count). The third-order valence-electron chi connectivity index (χ3n) is 3.83. The molecule has 4 heteroatoms. The number of nitrogens with two attached hydrogens (primary N) is 1. The second-order valence-electron chi connectivity index (χ2n) is 6.62. The maximum atomic E-state index is 11.4. The summed E-state index contributed by atoms with van der Waals surface area (Å²) < 4.78 is 2.21. The lowest BCUT2D eigenvalue weighted by Gasteiger charge is -2.22. The SMILES string of the molecule is Cc1cn(CCCN)c2c(C(C)(C)C)cc(C(=O)O)cc12. The summed E-state index contributed by atoms with van der Waals surface area (Å²) in [6, 6.07) is 3.59. The minimum atomic E-state index is -0.878. The molecule has 4 nitrogen and oxygen atoms in total. The lowest BCUT2D eigenvalue weighted by Crippen LogP contribution is -2.15. The van der Waals surface area contributed by atoms with Gasteiger partial charge in [0.05, 0.1) is 11.1 Å². The number of aromatic carboxylic acids is 1. The first-order valence-electron chi connectivity index (χ1n) is 7.33. The van der Waals surface area contributed by atoms with Crippen molar-refractivity contribution >= 4 is 16.9 Å². The number of hydrogen-bond donors (Lipinski definition) is 2. The van der Waals surface area contributed by atoms with Crippen LogP contribution in [0.1, 0.15) is 48.7 Å². The van der Waals surface area contributed by atoms with Gasteiger partial charge in [-0.2, -0.15) is 0 Å². The number of aryl methyl sites for hydroxylation is 2. The van der Waals surface area contributed by atoms with Crippen LogP contribution in [0.25, 0.3) is 10.9 Å². The van der Waals surface area contributed by atoms with Crippen LogP contribution in [0.4, 0.5) is 0 Å². The van der Waals surface area contributed by atoms with Crippen LogP contribution in [-0.4, -0.2) is 22.2 Å². The van der Waals surface area contributed by atoms with Crippen molar-refractivity contribution in [1.29, 1.82) is 0 Å². The summed E-state index contributed by atoms with van der Waals surface area (Å²) in [4.78, 5) is 11.4. The molecule has 0 fully saturated rings. The number of carbonyl (C=O) groups is 1. The van der Waals surface area contributed by atoms with Crippen LogP contribution in [0.5, 0.6) is 0 Å². The Balaban J connectivity index is 2.78. The Hall–Kier alpha value is -1.81. The van der Waals surface area contributed by atoms with E-state index in [4.69, 9.17) is 5.73 Å². The first-order valence-corrected chi connectivity index (χ1v) is 7.33. The third kappa shape index (κ3) is 2.95. The molecular weight excluding hydrogens is 264 g/mol. The van der Waals surface area contributed by atoms with Gasteiger partial charge in [0.15, 0.2) is 0 Å². The van der Waals surface area contributed by atoms with Crippen LogP contribution in [0.3, 0.4) is 0 Å². The van der Waals surface area contributed by atoms with Crippen LogP contribution in [-0.2, 0) is 12.0 Å². The average molecular weight is 288 g/mol. The van der Waals surface area contributed by atoms with Gasteiger partial charge in [-0.25, -0.2) is 4.79 Å². The van der Waals surface area contributed by atoms with Gasteiger partial charge in [0, 0.05) is 18.1 Å². The van der Waals surface area contributed by atoms with E-state index in [1.54, 1.807) is 6.07 Å². The Morgan fingerprint density at radius 3 is 2.52 bits per heavy atom. The highest BCUT2D eigenvalue weighted by atomic mass is 16.4. The van der Waals surface area contributed by atoms with E-state index >= 15 is 0 Å². The smallest absolute Gasteiger partial charge is 0.335 e. The van der Waals surface area contributed by atoms with E-state index in [2.05, 4.69) is 31.5 Å². The minimum Gasteiger partial charge on any atom is -0.478 e. The Morgan fingerprint density at radius 1 is 1.33 bits per heavy atom. The zero-order valence-corrected chi connectivity index (χ0v) is 13.2. The van der Waals surface area contributed by atoms with E-state index in [9.17, 15) is 9.90 Å². The number of carboxylic acids is 1. The standard InChI is InChI=1S/C17H24N2O2/c1-11-10-19(7-5-6-18)15-13(11)8-12(16(20)21)9-14(15)17(2,3)4/h8-10H,5-7,18H2,1-4H3,(H,20,21). The second kappa shape index (κ2) is 5.53. The van der Waals surface area contributed by atoms with Crippen molar-refractivity contribution in [2.75, 3.05) is 6.54 Å². The summed E-state index contributed by atoms with van der Waals surface area (Å²) in [6.45, 7) is 9.88. The second-order valence-corrected chi connectivity index (χ2v) is 6.62. The molecule has 114 valence electrons. The van der Waals surface area contributed by atoms with E-state index in [0.29, 0.717) is 12.1 Å². The number of carboxylic acid groups (broad SMARTS) is 1. The molecular formula is C17H24N2O2. The summed E-state index contributed by atoms with van der Waals surface area (Å²) >= 11 is 0. The normalized spacial score (nSPS) is 12.0. The molecule has 2 aromatic rings. The molecule has 0 unspecified atom stereocenters. The summed E-state index contributed by atoms with van der Waals surface area (Å²) in [5.41, 5.74) is 9.18. The van der Waals surface area contributed by atoms with Gasteiger partial charge in [-0.1, -0.05) is 20.8 Å². The topological polar surface area (TPSA) is 68.2 Å². The molecule has 0 amide bonds. The number of nitrogens with zero attached hydrogens (tertiary/aromatic N) is 1. The van der Waals surface area contributed by atoms with Gasteiger partial charge in [0.25, 0.3) is 0 Å². The number of fused-ring (bicyclic) bond motifs is 1. The molecule has 0 atom stereocenters. The van der Waals surface area contributed by atoms with Crippen LogP contribution < -0.4 is 5.73 Å². The molecule has 0 radical (unpaired) electrons. The summed E-state index contributed by atoms with van der Waals surface area (Å²) in [5, 5.41) is 10.4. The van der Waals surface area contributed by atoms with Gasteiger partial charge in [-0.3, -0.25) is 0 Å². The van der Waals surface area contributed by atoms with Gasteiger partial charge in [0.2, 0.25) is 0 Å². The molecule has 1 aromatic carbocycles. The van der Waals surface area contributed by atoms with Crippen molar-refractivity contribution in [1.82, 2.24) is 4.57 Å². The first-order chi connectivity index (χ1) is 9.75. The summed E-state index contributed by atoms with van der Waals surface area (Å²) in [6.07, 6.45) is 3.01. The number of aromatic nitrogens is 1. The van der Waals surface area contributed by atoms with Crippen molar-refractivity contribution in [3.05, 3.63) is 35.0 Å². The van der Waals surface area contributed by atoms with E-state index in [1.807, 2.05) is 13.0 Å². The fraction of sp³-hybridized carbons (Fsp3) is 0.471. The van der Waals surface area contributed by atoms with E-state index in [0.717, 1.165) is 35.0 Å². The van der Waals surface area contributed by atoms with Crippen LogP contribution >= 0.6 is 0 Å². The number of rotatable bonds is 4. The van der Waals surface area contributed by atoms with Gasteiger partial charge >= 0.3 is 5.97 Å². The zero-order valence-electron chi connectivity index (χ0n) is 13.2. The highest BCUT2D eigenvalue weighted by Gasteiger charge is 2.22. The lowest BCUT2D eigenvalue weighted by molar-refractivity contribution is 0.0697. The predicted molar refractivity (Wildman–Crippen MR) is 86.0 cm³/mol. The Kier molecular flexibility index (Phi) is 4.10. The van der Waals surface area contributed by atoms with Gasteiger partial charge in [0.1, 0.15) is 0 Å². The fourth-order valence-electron chi connectivity index (χ4n) is 2.75. The predicted octanol–water partition coefficient (Wildman–Crippen LogP) is 3.29. The first kappa shape index (κ1) is 15.6. The van der Waals surface area contributed by atoms with Crippen molar-refractivity contribution < 1.29 is 9.90 Å². The monoisotopic (exact) mass is 288 g/mol. The van der Waals surface area contributed by atoms with Crippen LogP contribution in [0.15, 0.2) is 18.3 Å². The highest BCUT2D eigenvalue weighted by Crippen LogP contribution is 2.34. The number of hydrogen-bond acceptors (Lipinski definition) is 2. The Bertz CT molecular complexity index is 678. The molecule has 0 saturated heterocycles. The molecule has 0 saturated carbocycles. The largest absolute Gasteiger partial charge is 0.478 e. The van der Waals surface area contributed by atoms with Crippen LogP contribution in [0.2, 0.25) is 0 Å². The molecule has 1 aromatic heterocycles. The van der Waals surface area contributed by atoms with Crippen molar-refractivity contribution in [2.45, 2.75) is 46.1 Å². The molecule has 0 aliphatic heterocycles. The van der Waals surface area contributed by atoms with Gasteiger partial charge < -0.3 is 15.4 Å². The van der Waals surface area contributed by atoms with E-state index in [-0.39, 0.29) is 5.41 Å². The Morgan fingerprint density at radius 2 is 2.00 bits per heavy atom. The highest BCUT2D eigenvalue weighted by molar-refractivity contribution is 5.97. The molecule has 21 heavy (non-hydrogen) atoms. The molecule has 1 heterocycles. The molecule has 0 aliphatic rings. The van der Waals surface area contributed by atoms with Crippen molar-refractivity contribution in [2.24, 2.45) is 5.73 Å². The van der Waals surface area contributed by atoms with Gasteiger partial charge in [-0.05, 0) is 48.6 Å². The molecule has 3 N–H and O–H groups in total. The van der Waals surface area contributed by atoms with E-state index in [1.165, 1.54) is 0 Å². The maximum absolute atomic E-state index is 11.4. The lowest BCUT2D eigenvalue weighted by atomic mass is 9.84. The molecule has 0 bridgehead atoms. The van der Waals surface area contributed by atoms with Crippen molar-refractivity contribution in [3.63, 3.8) is 0 Å². The quantitative estimate of drug-likeness (QED) is 0.907. The minimum absolute atomic E-state index is 0.116. The Labute approximate surface area is 125 Å². The average Bonchev–Trinajstić information content (AvgIpc) is 2.71. The number of benzene rings is 1. The zero-order chi connectivity index (χ0) is 15.8. The van der Waals surface area contributed by atoms with Crippen molar-refractivity contribution in [3.8, 4) is 0 Å². The van der Waals surface area contributed by atoms with E-state index < -0.39 is 5.97 Å². The summed E-state index contributed by atoms with van der Waals surface area (Å²) in [5.74, 6) is -0.878. The van der Waals surface area contributed by atoms with Gasteiger partial charge in [-0.15, -0.1) is 0 Å². The third-order valence-corrected chi connectivity index (χ3v) is 3.83. The maximum Gasteiger partial charge on any atom is 0.335 e. The molecule has 0 aliphatic carbocycles. The van der Waals surface area contributed by atoms with Crippen LogP contribution in [0, 0.1) is 6.92 Å². The fourth-order valence-corrected chi connectivity index (χ4v) is 2.75. The summed E-state index contributed by atoms with van der Waals surface area (Å²) in [7, 11) is 0. The molecule has 0 spiro atoms.